The quantitative estimate of drug-likeness (QED) is 0.623. The highest BCUT2D eigenvalue weighted by atomic mass is 79.9. The number of aryl methyl sites for hydroxylation is 1. The lowest BCUT2D eigenvalue weighted by Gasteiger charge is -2.21. The minimum absolute atomic E-state index is 0.102. The van der Waals surface area contributed by atoms with E-state index in [1.807, 2.05) is 38.1 Å². The van der Waals surface area contributed by atoms with Gasteiger partial charge in [-0.1, -0.05) is 27.5 Å². The van der Waals surface area contributed by atoms with Crippen molar-refractivity contribution < 1.29 is 4.74 Å². The molecule has 0 amide bonds. The van der Waals surface area contributed by atoms with Crippen molar-refractivity contribution in [1.82, 2.24) is 4.90 Å². The van der Waals surface area contributed by atoms with Gasteiger partial charge in [0.2, 0.25) is 0 Å². The number of ether oxygens (including phenoxy) is 1. The number of methoxy groups -OCH3 is 1. The molecule has 1 aromatic carbocycles. The van der Waals surface area contributed by atoms with Gasteiger partial charge in [-0.25, -0.2) is 0 Å². The van der Waals surface area contributed by atoms with Gasteiger partial charge in [0.1, 0.15) is 5.75 Å². The maximum absolute atomic E-state index is 6.10. The van der Waals surface area contributed by atoms with E-state index in [9.17, 15) is 0 Å². The van der Waals surface area contributed by atoms with Gasteiger partial charge in [0.25, 0.3) is 0 Å². The molecular formula is C11H15BrClNO. The maximum atomic E-state index is 6.10. The molecule has 1 aromatic rings. The van der Waals surface area contributed by atoms with Crippen molar-refractivity contribution in [2.75, 3.05) is 21.2 Å². The van der Waals surface area contributed by atoms with Crippen LogP contribution < -0.4 is 4.74 Å². The Kier molecular flexibility index (Phi) is 4.44. The minimum Gasteiger partial charge on any atom is -0.496 e. The van der Waals surface area contributed by atoms with Crippen molar-refractivity contribution in [2.24, 2.45) is 0 Å². The van der Waals surface area contributed by atoms with Crippen molar-refractivity contribution in [3.05, 3.63) is 28.3 Å². The molecular weight excluding hydrogens is 277 g/mol. The first kappa shape index (κ1) is 12.8. The summed E-state index contributed by atoms with van der Waals surface area (Å²) in [5.41, 5.74) is 2.06. The molecule has 0 spiro atoms. The number of nitrogens with zero attached hydrogens (tertiary/aromatic N) is 1. The summed E-state index contributed by atoms with van der Waals surface area (Å²) in [6.07, 6.45) is 0. The molecule has 0 fully saturated rings. The van der Waals surface area contributed by atoms with Gasteiger partial charge >= 0.3 is 0 Å². The highest BCUT2D eigenvalue weighted by Crippen LogP contribution is 2.35. The third-order valence-electron chi connectivity index (χ3n) is 2.22. The van der Waals surface area contributed by atoms with Crippen LogP contribution >= 0.6 is 27.5 Å². The Bertz CT molecular complexity index is 355. The summed E-state index contributed by atoms with van der Waals surface area (Å²) in [7, 11) is 5.65. The Morgan fingerprint density at radius 2 is 2.00 bits per heavy atom. The largest absolute Gasteiger partial charge is 0.496 e. The number of hydrogen-bond donors (Lipinski definition) is 0. The van der Waals surface area contributed by atoms with Crippen LogP contribution in [0.5, 0.6) is 5.75 Å². The van der Waals surface area contributed by atoms with E-state index in [2.05, 4.69) is 15.9 Å². The summed E-state index contributed by atoms with van der Waals surface area (Å²) in [6, 6.07) is 3.89. The average Bonchev–Trinajstić information content (AvgIpc) is 2.20. The predicted molar refractivity (Wildman–Crippen MR) is 68.1 cm³/mol. The number of alkyl halides is 1. The van der Waals surface area contributed by atoms with Crippen molar-refractivity contribution >= 4 is 27.5 Å². The van der Waals surface area contributed by atoms with Gasteiger partial charge in [0, 0.05) is 10.6 Å². The van der Waals surface area contributed by atoms with E-state index < -0.39 is 0 Å². The van der Waals surface area contributed by atoms with Crippen molar-refractivity contribution in [3.8, 4) is 5.75 Å². The highest BCUT2D eigenvalue weighted by Gasteiger charge is 2.16. The van der Waals surface area contributed by atoms with E-state index in [0.29, 0.717) is 0 Å². The fourth-order valence-corrected chi connectivity index (χ4v) is 1.84. The van der Waals surface area contributed by atoms with Crippen LogP contribution in [0, 0.1) is 6.92 Å². The molecule has 15 heavy (non-hydrogen) atoms. The average molecular weight is 293 g/mol. The van der Waals surface area contributed by atoms with E-state index in [1.54, 1.807) is 7.11 Å². The molecule has 0 saturated heterocycles. The summed E-state index contributed by atoms with van der Waals surface area (Å²) in [4.78, 5) is 2.15. The predicted octanol–water partition coefficient (Wildman–Crippen LogP) is 3.61. The Morgan fingerprint density at radius 3 is 2.47 bits per heavy atom. The minimum atomic E-state index is 0.102. The fourth-order valence-electron chi connectivity index (χ4n) is 1.31. The van der Waals surface area contributed by atoms with E-state index in [1.165, 1.54) is 0 Å². The first-order chi connectivity index (χ1) is 6.97. The molecule has 0 aliphatic heterocycles. The molecule has 1 rings (SSSR count). The molecule has 0 bridgehead atoms. The Morgan fingerprint density at radius 1 is 1.40 bits per heavy atom. The first-order valence-corrected chi connectivity index (χ1v) is 5.91. The van der Waals surface area contributed by atoms with Crippen LogP contribution in [0.4, 0.5) is 0 Å². The Labute approximate surface area is 104 Å². The molecule has 1 unspecified atom stereocenters. The third-order valence-corrected chi connectivity index (χ3v) is 3.94. The van der Waals surface area contributed by atoms with Crippen LogP contribution in [0.25, 0.3) is 0 Å². The fraction of sp³-hybridized carbons (Fsp3) is 0.455. The van der Waals surface area contributed by atoms with Gasteiger partial charge in [0.15, 0.2) is 0 Å². The van der Waals surface area contributed by atoms with Crippen LogP contribution in [-0.2, 0) is 0 Å². The molecule has 0 saturated carbocycles. The van der Waals surface area contributed by atoms with Crippen molar-refractivity contribution in [3.63, 3.8) is 0 Å². The second-order valence-electron chi connectivity index (χ2n) is 3.64. The third kappa shape index (κ3) is 2.86. The molecule has 0 N–H and O–H groups in total. The van der Waals surface area contributed by atoms with E-state index in [-0.39, 0.29) is 4.95 Å². The van der Waals surface area contributed by atoms with Gasteiger partial charge in [0.05, 0.1) is 12.1 Å². The standard InChI is InChI=1S/C11H15BrClNO/c1-7-5-10(15-4)8(6-9(7)13)11(12)14(2)3/h5-6,11H,1-4H3. The highest BCUT2D eigenvalue weighted by molar-refractivity contribution is 9.09. The van der Waals surface area contributed by atoms with Gasteiger partial charge < -0.3 is 4.74 Å². The summed E-state index contributed by atoms with van der Waals surface area (Å²) < 4.78 is 5.34. The monoisotopic (exact) mass is 291 g/mol. The molecule has 0 heterocycles. The van der Waals surface area contributed by atoms with E-state index >= 15 is 0 Å². The molecule has 84 valence electrons. The van der Waals surface area contributed by atoms with Crippen LogP contribution in [0.2, 0.25) is 5.02 Å². The van der Waals surface area contributed by atoms with Crippen LogP contribution in [0.3, 0.4) is 0 Å². The summed E-state index contributed by atoms with van der Waals surface area (Å²) >= 11 is 9.68. The SMILES string of the molecule is COc1cc(C)c(Cl)cc1C(Br)N(C)C. The van der Waals surface area contributed by atoms with Crippen LogP contribution in [0.1, 0.15) is 16.1 Å². The molecule has 0 aliphatic rings. The number of halogens is 2. The lowest BCUT2D eigenvalue weighted by Crippen LogP contribution is -2.15. The van der Waals surface area contributed by atoms with E-state index in [4.69, 9.17) is 16.3 Å². The van der Waals surface area contributed by atoms with Gasteiger partial charge in [-0.3, -0.25) is 4.90 Å². The van der Waals surface area contributed by atoms with Gasteiger partial charge in [-0.15, -0.1) is 0 Å². The second-order valence-corrected chi connectivity index (χ2v) is 4.92. The van der Waals surface area contributed by atoms with Crippen molar-refractivity contribution in [2.45, 2.75) is 11.9 Å². The summed E-state index contributed by atoms with van der Waals surface area (Å²) in [6.45, 7) is 1.97. The number of benzene rings is 1. The lowest BCUT2D eigenvalue weighted by atomic mass is 10.1. The van der Waals surface area contributed by atoms with Crippen LogP contribution in [0.15, 0.2) is 12.1 Å². The lowest BCUT2D eigenvalue weighted by molar-refractivity contribution is 0.369. The van der Waals surface area contributed by atoms with Crippen LogP contribution in [-0.4, -0.2) is 26.1 Å². The molecule has 4 heteroatoms. The van der Waals surface area contributed by atoms with Crippen molar-refractivity contribution in [1.29, 1.82) is 0 Å². The number of hydrogen-bond acceptors (Lipinski definition) is 2. The molecule has 2 nitrogen and oxygen atoms in total. The topological polar surface area (TPSA) is 12.5 Å². The Balaban J connectivity index is 3.21. The molecule has 0 aliphatic carbocycles. The Hall–Kier alpha value is -0.250. The summed E-state index contributed by atoms with van der Waals surface area (Å²) in [5, 5.41) is 0.761. The van der Waals surface area contributed by atoms with Gasteiger partial charge in [-0.2, -0.15) is 0 Å². The van der Waals surface area contributed by atoms with Gasteiger partial charge in [-0.05, 0) is 38.7 Å². The zero-order valence-corrected chi connectivity index (χ0v) is 11.7. The smallest absolute Gasteiger partial charge is 0.124 e. The number of rotatable bonds is 3. The first-order valence-electron chi connectivity index (χ1n) is 4.62. The van der Waals surface area contributed by atoms with E-state index in [0.717, 1.165) is 21.9 Å². The molecule has 0 aromatic heterocycles. The zero-order valence-electron chi connectivity index (χ0n) is 9.34. The normalized spacial score (nSPS) is 13.0. The molecule has 1 atom stereocenters. The molecule has 0 radical (unpaired) electrons. The second kappa shape index (κ2) is 5.19. The zero-order chi connectivity index (χ0) is 11.6. The summed E-state index contributed by atoms with van der Waals surface area (Å²) in [5.74, 6) is 0.854. The maximum Gasteiger partial charge on any atom is 0.124 e.